The van der Waals surface area contributed by atoms with Crippen molar-refractivity contribution in [2.75, 3.05) is 14.2 Å². The minimum Gasteiger partial charge on any atom is -0.497 e. The first-order chi connectivity index (χ1) is 10.0. The fourth-order valence-corrected chi connectivity index (χ4v) is 3.07. The van der Waals surface area contributed by atoms with E-state index in [-0.39, 0.29) is 11.8 Å². The molecule has 1 heterocycles. The number of Topliss-reactive ketones (excluding diaryl/α,β-unsaturated/α-hetero) is 1. The van der Waals surface area contributed by atoms with E-state index in [4.69, 9.17) is 16.3 Å². The Morgan fingerprint density at radius 2 is 1.95 bits per heavy atom. The molecule has 3 nitrogen and oxygen atoms in total. The molecule has 2 aromatic rings. The molecule has 21 heavy (non-hydrogen) atoms. The van der Waals surface area contributed by atoms with Gasteiger partial charge in [-0.15, -0.1) is 11.3 Å². The van der Waals surface area contributed by atoms with Crippen LogP contribution in [0, 0.1) is 0 Å². The third-order valence-corrected chi connectivity index (χ3v) is 4.69. The highest BCUT2D eigenvalue weighted by Crippen LogP contribution is 2.24. The van der Waals surface area contributed by atoms with Crippen LogP contribution >= 0.6 is 22.9 Å². The second-order valence-electron chi connectivity index (χ2n) is 4.91. The van der Waals surface area contributed by atoms with Crippen LogP contribution in [0.1, 0.15) is 22.2 Å². The van der Waals surface area contributed by atoms with Crippen molar-refractivity contribution in [1.82, 2.24) is 4.90 Å². The Balaban J connectivity index is 2.01. The van der Waals surface area contributed by atoms with Gasteiger partial charge in [-0.1, -0.05) is 23.7 Å². The lowest BCUT2D eigenvalue weighted by atomic mass is 10.1. The van der Waals surface area contributed by atoms with Gasteiger partial charge in [-0.25, -0.2) is 0 Å². The Labute approximate surface area is 134 Å². The Kier molecular flexibility index (Phi) is 5.39. The normalized spacial score (nSPS) is 12.4. The number of ether oxygens (including phenoxy) is 1. The molecule has 1 atom stereocenters. The van der Waals surface area contributed by atoms with Gasteiger partial charge in [0.1, 0.15) is 5.75 Å². The summed E-state index contributed by atoms with van der Waals surface area (Å²) in [6.07, 6.45) is 0. The number of hydrogen-bond acceptors (Lipinski definition) is 4. The number of nitrogens with zero attached hydrogens (tertiary/aromatic N) is 1. The Hall–Kier alpha value is -1.36. The highest BCUT2D eigenvalue weighted by molar-refractivity contribution is 7.18. The quantitative estimate of drug-likeness (QED) is 0.749. The summed E-state index contributed by atoms with van der Waals surface area (Å²) in [5, 5.41) is 0. The molecule has 1 aromatic heterocycles. The first-order valence-electron chi connectivity index (χ1n) is 6.64. The second kappa shape index (κ2) is 7.07. The van der Waals surface area contributed by atoms with E-state index in [9.17, 15) is 4.79 Å². The summed E-state index contributed by atoms with van der Waals surface area (Å²) in [6, 6.07) is 11.2. The number of hydrogen-bond donors (Lipinski definition) is 0. The second-order valence-corrected chi connectivity index (χ2v) is 6.62. The molecule has 1 unspecified atom stereocenters. The van der Waals surface area contributed by atoms with E-state index < -0.39 is 0 Å². The number of rotatable bonds is 6. The van der Waals surface area contributed by atoms with E-state index in [0.29, 0.717) is 15.8 Å². The van der Waals surface area contributed by atoms with Crippen LogP contribution in [-0.2, 0) is 6.54 Å². The van der Waals surface area contributed by atoms with Crippen LogP contribution in [-0.4, -0.2) is 30.9 Å². The van der Waals surface area contributed by atoms with Gasteiger partial charge in [-0.3, -0.25) is 9.69 Å². The van der Waals surface area contributed by atoms with Crippen LogP contribution in [0.5, 0.6) is 5.75 Å². The minimum atomic E-state index is -0.193. The molecular weight excluding hydrogens is 306 g/mol. The van der Waals surface area contributed by atoms with Crippen LogP contribution in [0.25, 0.3) is 0 Å². The number of likely N-dealkylation sites (N-methyl/N-ethyl adjacent to an activating group) is 1. The molecular formula is C16H18ClNO2S. The van der Waals surface area contributed by atoms with Gasteiger partial charge < -0.3 is 4.74 Å². The number of ketones is 1. The lowest BCUT2D eigenvalue weighted by Gasteiger charge is -2.23. The van der Waals surface area contributed by atoms with Gasteiger partial charge in [0, 0.05) is 6.54 Å². The number of carbonyl (C=O) groups is 1. The van der Waals surface area contributed by atoms with E-state index in [2.05, 4.69) is 0 Å². The molecule has 0 bridgehead atoms. The maximum absolute atomic E-state index is 12.4. The van der Waals surface area contributed by atoms with Crippen LogP contribution in [0.4, 0.5) is 0 Å². The van der Waals surface area contributed by atoms with Crippen molar-refractivity contribution < 1.29 is 9.53 Å². The number of thiophene rings is 1. The van der Waals surface area contributed by atoms with Crippen molar-refractivity contribution in [1.29, 1.82) is 0 Å². The van der Waals surface area contributed by atoms with E-state index in [1.54, 1.807) is 19.2 Å². The zero-order valence-electron chi connectivity index (χ0n) is 12.3. The van der Waals surface area contributed by atoms with Crippen molar-refractivity contribution in [3.63, 3.8) is 0 Å². The minimum absolute atomic E-state index is 0.0999. The Morgan fingerprint density at radius 3 is 2.48 bits per heavy atom. The number of methoxy groups -OCH3 is 1. The Morgan fingerprint density at radius 1 is 1.29 bits per heavy atom. The molecule has 112 valence electrons. The van der Waals surface area contributed by atoms with Crippen molar-refractivity contribution in [2.24, 2.45) is 0 Å². The first-order valence-corrected chi connectivity index (χ1v) is 7.83. The van der Waals surface area contributed by atoms with Gasteiger partial charge in [-0.05, 0) is 43.8 Å². The van der Waals surface area contributed by atoms with Crippen molar-refractivity contribution in [3.8, 4) is 5.75 Å². The van der Waals surface area contributed by atoms with Gasteiger partial charge in [0.2, 0.25) is 0 Å². The molecule has 1 aromatic carbocycles. The highest BCUT2D eigenvalue weighted by Gasteiger charge is 2.21. The third-order valence-electron chi connectivity index (χ3n) is 3.45. The summed E-state index contributed by atoms with van der Waals surface area (Å²) in [5.74, 6) is 0.932. The molecule has 0 saturated carbocycles. The van der Waals surface area contributed by atoms with Crippen molar-refractivity contribution in [2.45, 2.75) is 19.5 Å². The highest BCUT2D eigenvalue weighted by atomic mass is 35.5. The maximum atomic E-state index is 12.4. The lowest BCUT2D eigenvalue weighted by Crippen LogP contribution is -2.35. The number of carbonyl (C=O) groups excluding carboxylic acids is 1. The SMILES string of the molecule is COc1ccc(CN(C)C(C)C(=O)c2ccc(Cl)s2)cc1. The lowest BCUT2D eigenvalue weighted by molar-refractivity contribution is 0.0866. The largest absolute Gasteiger partial charge is 0.497 e. The van der Waals surface area contributed by atoms with E-state index in [0.717, 1.165) is 11.3 Å². The molecule has 0 radical (unpaired) electrons. The van der Waals surface area contributed by atoms with Gasteiger partial charge in [-0.2, -0.15) is 0 Å². The van der Waals surface area contributed by atoms with Gasteiger partial charge >= 0.3 is 0 Å². The smallest absolute Gasteiger partial charge is 0.189 e. The summed E-state index contributed by atoms with van der Waals surface area (Å²) < 4.78 is 5.78. The summed E-state index contributed by atoms with van der Waals surface area (Å²) in [5.41, 5.74) is 1.14. The molecule has 0 amide bonds. The summed E-state index contributed by atoms with van der Waals surface area (Å²) in [4.78, 5) is 15.1. The van der Waals surface area contributed by atoms with Crippen LogP contribution in [0.3, 0.4) is 0 Å². The fraction of sp³-hybridized carbons (Fsp3) is 0.312. The summed E-state index contributed by atoms with van der Waals surface area (Å²) in [7, 11) is 3.59. The van der Waals surface area contributed by atoms with Crippen LogP contribution in [0.2, 0.25) is 4.34 Å². The van der Waals surface area contributed by atoms with Gasteiger partial charge in [0.15, 0.2) is 5.78 Å². The number of benzene rings is 1. The first kappa shape index (κ1) is 16.0. The number of halogens is 1. The molecule has 0 saturated heterocycles. The molecule has 0 aliphatic heterocycles. The molecule has 0 N–H and O–H groups in total. The molecule has 0 aliphatic carbocycles. The molecule has 2 rings (SSSR count). The zero-order valence-corrected chi connectivity index (χ0v) is 13.9. The van der Waals surface area contributed by atoms with Crippen LogP contribution in [0.15, 0.2) is 36.4 Å². The Bertz CT molecular complexity index is 609. The summed E-state index contributed by atoms with van der Waals surface area (Å²) >= 11 is 7.21. The molecule has 5 heteroatoms. The fourth-order valence-electron chi connectivity index (χ4n) is 2.01. The zero-order chi connectivity index (χ0) is 15.4. The topological polar surface area (TPSA) is 29.5 Å². The maximum Gasteiger partial charge on any atom is 0.189 e. The van der Waals surface area contributed by atoms with Gasteiger partial charge in [0.25, 0.3) is 0 Å². The summed E-state index contributed by atoms with van der Waals surface area (Å²) in [6.45, 7) is 2.62. The molecule has 0 fully saturated rings. The van der Waals surface area contributed by atoms with Crippen molar-refractivity contribution >= 4 is 28.7 Å². The molecule has 0 aliphatic rings. The average molecular weight is 324 g/mol. The average Bonchev–Trinajstić information content (AvgIpc) is 2.93. The monoisotopic (exact) mass is 323 g/mol. The third kappa shape index (κ3) is 4.06. The molecule has 0 spiro atoms. The predicted octanol–water partition coefficient (Wildman–Crippen LogP) is 4.11. The standard InChI is InChI=1S/C16H18ClNO2S/c1-11(16(19)14-8-9-15(17)21-14)18(2)10-12-4-6-13(20-3)7-5-12/h4-9,11H,10H2,1-3H3. The van der Waals surface area contributed by atoms with Crippen molar-refractivity contribution in [3.05, 3.63) is 51.2 Å². The van der Waals surface area contributed by atoms with E-state index in [1.165, 1.54) is 11.3 Å². The van der Waals surface area contributed by atoms with E-state index >= 15 is 0 Å². The van der Waals surface area contributed by atoms with E-state index in [1.807, 2.05) is 43.1 Å². The van der Waals surface area contributed by atoms with Crippen LogP contribution < -0.4 is 4.74 Å². The predicted molar refractivity (Wildman–Crippen MR) is 87.6 cm³/mol. The van der Waals surface area contributed by atoms with Gasteiger partial charge in [0.05, 0.1) is 22.4 Å².